The van der Waals surface area contributed by atoms with E-state index in [1.54, 1.807) is 6.20 Å². The molecule has 4 heteroatoms. The zero-order valence-corrected chi connectivity index (χ0v) is 11.7. The number of nitrogens with one attached hydrogen (secondary N) is 1. The maximum atomic E-state index is 8.95. The van der Waals surface area contributed by atoms with Crippen molar-refractivity contribution in [2.24, 2.45) is 5.41 Å². The van der Waals surface area contributed by atoms with E-state index < -0.39 is 0 Å². The first-order valence-corrected chi connectivity index (χ1v) is 6.14. The first-order valence-electron chi connectivity index (χ1n) is 6.14. The average molecular weight is 246 g/mol. The molecule has 1 aromatic rings. The summed E-state index contributed by atoms with van der Waals surface area (Å²) in [7, 11) is 4.16. The van der Waals surface area contributed by atoms with Crippen molar-refractivity contribution in [2.75, 3.05) is 27.2 Å². The molecule has 18 heavy (non-hydrogen) atoms. The summed E-state index contributed by atoms with van der Waals surface area (Å²) in [5.74, 6) is 0. The van der Waals surface area contributed by atoms with Crippen molar-refractivity contribution in [1.29, 1.82) is 5.26 Å². The molecule has 1 heterocycles. The van der Waals surface area contributed by atoms with Crippen molar-refractivity contribution in [3.8, 4) is 6.07 Å². The van der Waals surface area contributed by atoms with Crippen LogP contribution in [-0.2, 0) is 6.54 Å². The molecule has 0 spiro atoms. The molecule has 0 aromatic carbocycles. The van der Waals surface area contributed by atoms with Crippen LogP contribution >= 0.6 is 0 Å². The molecule has 0 radical (unpaired) electrons. The molecule has 0 atom stereocenters. The number of hydrogen-bond donors (Lipinski definition) is 1. The third-order valence-corrected chi connectivity index (χ3v) is 2.66. The number of rotatable bonds is 6. The Bertz CT molecular complexity index is 418. The SMILES string of the molecule is CN(C)CC(C)(C)CNCc1cccnc1C#N. The highest BCUT2D eigenvalue weighted by Gasteiger charge is 2.18. The highest BCUT2D eigenvalue weighted by atomic mass is 15.1. The molecule has 0 saturated carbocycles. The Morgan fingerprint density at radius 2 is 2.17 bits per heavy atom. The fraction of sp³-hybridized carbons (Fsp3) is 0.571. The Kier molecular flexibility index (Phi) is 5.26. The Balaban J connectivity index is 2.49. The molecule has 4 nitrogen and oxygen atoms in total. The normalized spacial score (nSPS) is 11.6. The van der Waals surface area contributed by atoms with Crippen LogP contribution in [0.2, 0.25) is 0 Å². The molecule has 0 fully saturated rings. The zero-order chi connectivity index (χ0) is 13.6. The number of nitrogens with zero attached hydrogens (tertiary/aromatic N) is 3. The second kappa shape index (κ2) is 6.48. The van der Waals surface area contributed by atoms with Gasteiger partial charge in [-0.3, -0.25) is 0 Å². The standard InChI is InChI=1S/C14H22N4/c1-14(2,11-18(3)4)10-16-9-12-6-5-7-17-13(12)8-15/h5-7,16H,9-11H2,1-4H3. The summed E-state index contributed by atoms with van der Waals surface area (Å²) in [5, 5.41) is 12.4. The molecule has 0 aliphatic rings. The summed E-state index contributed by atoms with van der Waals surface area (Å²) in [4.78, 5) is 6.24. The van der Waals surface area contributed by atoms with E-state index in [1.165, 1.54) is 0 Å². The van der Waals surface area contributed by atoms with Crippen molar-refractivity contribution < 1.29 is 0 Å². The molecular formula is C14H22N4. The summed E-state index contributed by atoms with van der Waals surface area (Å²) >= 11 is 0. The lowest BCUT2D eigenvalue weighted by Crippen LogP contribution is -2.37. The molecule has 1 N–H and O–H groups in total. The van der Waals surface area contributed by atoms with Crippen molar-refractivity contribution in [1.82, 2.24) is 15.2 Å². The predicted octanol–water partition coefficient (Wildman–Crippen LogP) is 1.63. The molecule has 0 aliphatic heterocycles. The van der Waals surface area contributed by atoms with Gasteiger partial charge in [-0.05, 0) is 25.6 Å². The van der Waals surface area contributed by atoms with Crippen LogP contribution in [0.15, 0.2) is 18.3 Å². The number of hydrogen-bond acceptors (Lipinski definition) is 4. The molecule has 1 rings (SSSR count). The molecule has 0 unspecified atom stereocenters. The molecule has 0 bridgehead atoms. The second-order valence-electron chi connectivity index (χ2n) is 5.63. The monoisotopic (exact) mass is 246 g/mol. The van der Waals surface area contributed by atoms with Gasteiger partial charge in [0.25, 0.3) is 0 Å². The minimum atomic E-state index is 0.207. The summed E-state index contributed by atoms with van der Waals surface area (Å²) in [6.45, 7) is 7.08. The maximum Gasteiger partial charge on any atom is 0.144 e. The Morgan fingerprint density at radius 3 is 2.78 bits per heavy atom. The molecule has 0 saturated heterocycles. The smallest absolute Gasteiger partial charge is 0.144 e. The van der Waals surface area contributed by atoms with Crippen molar-refractivity contribution in [3.05, 3.63) is 29.6 Å². The van der Waals surface area contributed by atoms with Gasteiger partial charge in [0.15, 0.2) is 0 Å². The largest absolute Gasteiger partial charge is 0.312 e. The minimum absolute atomic E-state index is 0.207. The average Bonchev–Trinajstić information content (AvgIpc) is 2.27. The third kappa shape index (κ3) is 4.82. The highest BCUT2D eigenvalue weighted by Crippen LogP contribution is 2.14. The molecular weight excluding hydrogens is 224 g/mol. The topological polar surface area (TPSA) is 52.0 Å². The van der Waals surface area contributed by atoms with Crippen molar-refractivity contribution >= 4 is 0 Å². The lowest BCUT2D eigenvalue weighted by molar-refractivity contribution is 0.232. The van der Waals surface area contributed by atoms with Crippen molar-refractivity contribution in [2.45, 2.75) is 20.4 Å². The Morgan fingerprint density at radius 1 is 1.44 bits per heavy atom. The molecule has 98 valence electrons. The van der Waals surface area contributed by atoms with Gasteiger partial charge >= 0.3 is 0 Å². The van der Waals surface area contributed by atoms with Crippen LogP contribution in [0.1, 0.15) is 25.1 Å². The van der Waals surface area contributed by atoms with Gasteiger partial charge < -0.3 is 10.2 Å². The zero-order valence-electron chi connectivity index (χ0n) is 11.7. The van der Waals surface area contributed by atoms with E-state index in [0.717, 1.165) is 18.7 Å². The van der Waals surface area contributed by atoms with Crippen LogP contribution in [0.25, 0.3) is 0 Å². The van der Waals surface area contributed by atoms with E-state index in [2.05, 4.69) is 49.2 Å². The molecule has 1 aromatic heterocycles. The van der Waals surface area contributed by atoms with E-state index in [4.69, 9.17) is 5.26 Å². The third-order valence-electron chi connectivity index (χ3n) is 2.66. The van der Waals surface area contributed by atoms with Crippen LogP contribution in [0.3, 0.4) is 0 Å². The van der Waals surface area contributed by atoms with Gasteiger partial charge in [0.05, 0.1) is 0 Å². The van der Waals surface area contributed by atoms with E-state index >= 15 is 0 Å². The quantitative estimate of drug-likeness (QED) is 0.829. The van der Waals surface area contributed by atoms with E-state index in [0.29, 0.717) is 12.2 Å². The predicted molar refractivity (Wildman–Crippen MR) is 73.0 cm³/mol. The van der Waals surface area contributed by atoms with Crippen LogP contribution < -0.4 is 5.32 Å². The number of pyridine rings is 1. The number of aromatic nitrogens is 1. The Hall–Kier alpha value is -1.44. The van der Waals surface area contributed by atoms with Gasteiger partial charge in [-0.1, -0.05) is 19.9 Å². The lowest BCUT2D eigenvalue weighted by Gasteiger charge is -2.28. The van der Waals surface area contributed by atoms with Gasteiger partial charge in [0, 0.05) is 31.4 Å². The maximum absolute atomic E-state index is 8.95. The van der Waals surface area contributed by atoms with Gasteiger partial charge in [-0.2, -0.15) is 5.26 Å². The van der Waals surface area contributed by atoms with E-state index in [9.17, 15) is 0 Å². The summed E-state index contributed by atoms with van der Waals surface area (Å²) in [6.07, 6.45) is 1.65. The minimum Gasteiger partial charge on any atom is -0.312 e. The van der Waals surface area contributed by atoms with Crippen LogP contribution in [0.5, 0.6) is 0 Å². The van der Waals surface area contributed by atoms with E-state index in [1.807, 2.05) is 12.1 Å². The molecule has 0 aliphatic carbocycles. The lowest BCUT2D eigenvalue weighted by atomic mass is 9.93. The fourth-order valence-corrected chi connectivity index (χ4v) is 2.13. The van der Waals surface area contributed by atoms with Crippen LogP contribution in [0, 0.1) is 16.7 Å². The first kappa shape index (κ1) is 14.6. The summed E-state index contributed by atoms with van der Waals surface area (Å²) in [5.41, 5.74) is 1.68. The Labute approximate surface area is 110 Å². The summed E-state index contributed by atoms with van der Waals surface area (Å²) < 4.78 is 0. The highest BCUT2D eigenvalue weighted by molar-refractivity contribution is 5.30. The van der Waals surface area contributed by atoms with Gasteiger partial charge in [-0.25, -0.2) is 4.98 Å². The van der Waals surface area contributed by atoms with Crippen LogP contribution in [0.4, 0.5) is 0 Å². The van der Waals surface area contributed by atoms with E-state index in [-0.39, 0.29) is 5.41 Å². The first-order chi connectivity index (χ1) is 8.44. The fourth-order valence-electron chi connectivity index (χ4n) is 2.13. The summed E-state index contributed by atoms with van der Waals surface area (Å²) in [6, 6.07) is 5.92. The van der Waals surface area contributed by atoms with Gasteiger partial charge in [-0.15, -0.1) is 0 Å². The van der Waals surface area contributed by atoms with Crippen molar-refractivity contribution in [3.63, 3.8) is 0 Å². The van der Waals surface area contributed by atoms with Crippen LogP contribution in [-0.4, -0.2) is 37.1 Å². The van der Waals surface area contributed by atoms with Gasteiger partial charge in [0.2, 0.25) is 0 Å². The molecule has 0 amide bonds. The van der Waals surface area contributed by atoms with Gasteiger partial charge in [0.1, 0.15) is 11.8 Å². The second-order valence-corrected chi connectivity index (χ2v) is 5.63. The number of nitriles is 1.